The third kappa shape index (κ3) is 3.16. The molecule has 2 aromatic rings. The van der Waals surface area contributed by atoms with E-state index in [1.807, 2.05) is 0 Å². The van der Waals surface area contributed by atoms with Crippen molar-refractivity contribution in [3.05, 3.63) is 52.4 Å². The molecule has 86 valence electrons. The summed E-state index contributed by atoms with van der Waals surface area (Å²) >= 11 is 0. The van der Waals surface area contributed by atoms with E-state index < -0.39 is 0 Å². The fourth-order valence-electron chi connectivity index (χ4n) is 1.16. The monoisotopic (exact) mass is 230 g/mol. The lowest BCUT2D eigenvalue weighted by Crippen LogP contribution is -2.07. The maximum absolute atomic E-state index is 10.9. The number of hydrazone groups is 1. The standard InChI is InChI=1S/C11H10N4O2/c16-9-3-1-8(2-4-9)7-13-15-11-12-6-5-10(17)14-11/h1-7,16H,(H2,12,14,15,17)/b13-7-. The van der Waals surface area contributed by atoms with Gasteiger partial charge in [-0.15, -0.1) is 0 Å². The SMILES string of the molecule is O=c1ccnc(N/N=C\c2ccc(O)cc2)[nH]1. The molecule has 1 aromatic heterocycles. The second-order valence-corrected chi connectivity index (χ2v) is 3.24. The number of rotatable bonds is 3. The minimum atomic E-state index is -0.248. The molecule has 6 heteroatoms. The number of aromatic nitrogens is 2. The summed E-state index contributed by atoms with van der Waals surface area (Å²) in [5.74, 6) is 0.469. The lowest BCUT2D eigenvalue weighted by Gasteiger charge is -1.97. The number of nitrogens with zero attached hydrogens (tertiary/aromatic N) is 2. The Balaban J connectivity index is 2.02. The fraction of sp³-hybridized carbons (Fsp3) is 0. The minimum Gasteiger partial charge on any atom is -0.508 e. The number of nitrogens with one attached hydrogen (secondary N) is 2. The molecule has 0 aliphatic heterocycles. The molecular formula is C11H10N4O2. The number of aromatic hydroxyl groups is 1. The Bertz CT molecular complexity index is 575. The van der Waals surface area contributed by atoms with Crippen LogP contribution < -0.4 is 11.0 Å². The molecule has 0 bridgehead atoms. The summed E-state index contributed by atoms with van der Waals surface area (Å²) in [6.45, 7) is 0. The van der Waals surface area contributed by atoms with Gasteiger partial charge in [-0.2, -0.15) is 5.10 Å². The van der Waals surface area contributed by atoms with E-state index >= 15 is 0 Å². The van der Waals surface area contributed by atoms with Gasteiger partial charge in [-0.05, 0) is 29.8 Å². The first-order chi connectivity index (χ1) is 8.24. The summed E-state index contributed by atoms with van der Waals surface area (Å²) in [5.41, 5.74) is 3.15. The average Bonchev–Trinajstić information content (AvgIpc) is 2.32. The number of H-pyrrole nitrogens is 1. The summed E-state index contributed by atoms with van der Waals surface area (Å²) in [4.78, 5) is 17.3. The van der Waals surface area contributed by atoms with Gasteiger partial charge in [0.2, 0.25) is 5.95 Å². The van der Waals surface area contributed by atoms with Gasteiger partial charge in [0.1, 0.15) is 5.75 Å². The van der Waals surface area contributed by atoms with Gasteiger partial charge in [-0.3, -0.25) is 9.78 Å². The molecule has 0 fully saturated rings. The predicted octanol–water partition coefficient (Wildman–Crippen LogP) is 0.921. The van der Waals surface area contributed by atoms with E-state index in [2.05, 4.69) is 20.5 Å². The Morgan fingerprint density at radius 2 is 2.06 bits per heavy atom. The molecule has 0 atom stereocenters. The molecular weight excluding hydrogens is 220 g/mol. The first-order valence-electron chi connectivity index (χ1n) is 4.87. The second-order valence-electron chi connectivity index (χ2n) is 3.24. The topological polar surface area (TPSA) is 90.4 Å². The molecule has 1 aromatic carbocycles. The summed E-state index contributed by atoms with van der Waals surface area (Å²) in [5, 5.41) is 13.0. The van der Waals surface area contributed by atoms with Crippen LogP contribution in [-0.4, -0.2) is 21.3 Å². The molecule has 0 amide bonds. The Kier molecular flexibility index (Phi) is 3.15. The molecule has 17 heavy (non-hydrogen) atoms. The first-order valence-corrected chi connectivity index (χ1v) is 4.87. The van der Waals surface area contributed by atoms with Crippen molar-refractivity contribution < 1.29 is 5.11 Å². The molecule has 1 heterocycles. The van der Waals surface area contributed by atoms with Crippen molar-refractivity contribution in [3.8, 4) is 5.75 Å². The van der Waals surface area contributed by atoms with Crippen molar-refractivity contribution in [3.63, 3.8) is 0 Å². The van der Waals surface area contributed by atoms with E-state index in [1.54, 1.807) is 30.5 Å². The van der Waals surface area contributed by atoms with Gasteiger partial charge >= 0.3 is 0 Å². The van der Waals surface area contributed by atoms with Gasteiger partial charge in [0.05, 0.1) is 6.21 Å². The molecule has 0 unspecified atom stereocenters. The van der Waals surface area contributed by atoms with Gasteiger partial charge in [0, 0.05) is 12.3 Å². The number of aromatic amines is 1. The predicted molar refractivity (Wildman–Crippen MR) is 64.2 cm³/mol. The number of anilines is 1. The number of hydrogen-bond donors (Lipinski definition) is 3. The Labute approximate surface area is 96.7 Å². The molecule has 0 spiro atoms. The molecule has 0 saturated carbocycles. The van der Waals surface area contributed by atoms with Crippen LogP contribution in [0.15, 0.2) is 46.4 Å². The maximum Gasteiger partial charge on any atom is 0.252 e. The number of benzene rings is 1. The second kappa shape index (κ2) is 4.93. The van der Waals surface area contributed by atoms with Crippen LogP contribution in [0.25, 0.3) is 0 Å². The molecule has 0 saturated heterocycles. The smallest absolute Gasteiger partial charge is 0.252 e. The summed E-state index contributed by atoms with van der Waals surface area (Å²) in [6.07, 6.45) is 2.93. The quantitative estimate of drug-likeness (QED) is 0.540. The van der Waals surface area contributed by atoms with Crippen LogP contribution in [0.1, 0.15) is 5.56 Å². The Morgan fingerprint density at radius 1 is 1.29 bits per heavy atom. The third-order valence-electron chi connectivity index (χ3n) is 1.95. The lowest BCUT2D eigenvalue weighted by molar-refractivity contribution is 0.475. The molecule has 0 aliphatic rings. The van der Waals surface area contributed by atoms with Crippen molar-refractivity contribution in [2.75, 3.05) is 5.43 Å². The van der Waals surface area contributed by atoms with Crippen molar-refractivity contribution in [1.29, 1.82) is 0 Å². The van der Waals surface area contributed by atoms with E-state index in [-0.39, 0.29) is 17.3 Å². The van der Waals surface area contributed by atoms with E-state index in [0.29, 0.717) is 0 Å². The minimum absolute atomic E-state index is 0.198. The Morgan fingerprint density at radius 3 is 2.76 bits per heavy atom. The average molecular weight is 230 g/mol. The number of phenols is 1. The largest absolute Gasteiger partial charge is 0.508 e. The highest BCUT2D eigenvalue weighted by Crippen LogP contribution is 2.07. The highest BCUT2D eigenvalue weighted by Gasteiger charge is 1.91. The van der Waals surface area contributed by atoms with Crippen LogP contribution in [0.3, 0.4) is 0 Å². The molecule has 6 nitrogen and oxygen atoms in total. The first kappa shape index (κ1) is 10.9. The molecule has 2 rings (SSSR count). The fourth-order valence-corrected chi connectivity index (χ4v) is 1.16. The van der Waals surface area contributed by atoms with Crippen molar-refractivity contribution in [2.24, 2.45) is 5.10 Å². The maximum atomic E-state index is 10.9. The highest BCUT2D eigenvalue weighted by atomic mass is 16.3. The molecule has 3 N–H and O–H groups in total. The van der Waals surface area contributed by atoms with Crippen LogP contribution in [-0.2, 0) is 0 Å². The molecule has 0 aliphatic carbocycles. The van der Waals surface area contributed by atoms with Gasteiger partial charge in [0.25, 0.3) is 5.56 Å². The molecule has 0 radical (unpaired) electrons. The van der Waals surface area contributed by atoms with E-state index in [4.69, 9.17) is 5.11 Å². The summed E-state index contributed by atoms with van der Waals surface area (Å²) < 4.78 is 0. The van der Waals surface area contributed by atoms with Crippen LogP contribution in [0.4, 0.5) is 5.95 Å². The zero-order chi connectivity index (χ0) is 12.1. The van der Waals surface area contributed by atoms with E-state index in [9.17, 15) is 4.79 Å². The van der Waals surface area contributed by atoms with E-state index in [1.165, 1.54) is 12.3 Å². The van der Waals surface area contributed by atoms with Gasteiger partial charge in [-0.25, -0.2) is 10.4 Å². The highest BCUT2D eigenvalue weighted by molar-refractivity contribution is 5.80. The van der Waals surface area contributed by atoms with Crippen molar-refractivity contribution >= 4 is 12.2 Å². The van der Waals surface area contributed by atoms with Crippen LogP contribution >= 0.6 is 0 Å². The zero-order valence-corrected chi connectivity index (χ0v) is 8.79. The number of hydrogen-bond acceptors (Lipinski definition) is 5. The lowest BCUT2D eigenvalue weighted by atomic mass is 10.2. The van der Waals surface area contributed by atoms with E-state index in [0.717, 1.165) is 5.56 Å². The summed E-state index contributed by atoms with van der Waals surface area (Å²) in [6, 6.07) is 7.85. The van der Waals surface area contributed by atoms with Crippen LogP contribution in [0, 0.1) is 0 Å². The van der Waals surface area contributed by atoms with Gasteiger partial charge in [0.15, 0.2) is 0 Å². The Hall–Kier alpha value is -2.63. The van der Waals surface area contributed by atoms with Crippen LogP contribution in [0.2, 0.25) is 0 Å². The number of phenolic OH excluding ortho intramolecular Hbond substituents is 1. The third-order valence-corrected chi connectivity index (χ3v) is 1.95. The van der Waals surface area contributed by atoms with Crippen molar-refractivity contribution in [1.82, 2.24) is 9.97 Å². The zero-order valence-electron chi connectivity index (χ0n) is 8.79. The van der Waals surface area contributed by atoms with Gasteiger partial charge in [-0.1, -0.05) is 0 Å². The van der Waals surface area contributed by atoms with Crippen LogP contribution in [0.5, 0.6) is 5.75 Å². The van der Waals surface area contributed by atoms with Gasteiger partial charge < -0.3 is 5.11 Å². The van der Waals surface area contributed by atoms with Crippen molar-refractivity contribution in [2.45, 2.75) is 0 Å². The normalized spacial score (nSPS) is 10.6. The summed E-state index contributed by atoms with van der Waals surface area (Å²) in [7, 11) is 0.